The summed E-state index contributed by atoms with van der Waals surface area (Å²) in [5.41, 5.74) is 0.816. The summed E-state index contributed by atoms with van der Waals surface area (Å²) in [6.45, 7) is 3.72. The van der Waals surface area contributed by atoms with Gasteiger partial charge in [0.25, 0.3) is 0 Å². The van der Waals surface area contributed by atoms with E-state index in [0.29, 0.717) is 12.4 Å². The lowest BCUT2D eigenvalue weighted by Crippen LogP contribution is -2.22. The molecule has 0 saturated carbocycles. The van der Waals surface area contributed by atoms with Gasteiger partial charge in [-0.05, 0) is 19.4 Å². The molecule has 0 bridgehead atoms. The summed E-state index contributed by atoms with van der Waals surface area (Å²) in [6, 6.07) is 5.38. The maximum Gasteiger partial charge on any atom is 0.407 e. The molecule has 1 aliphatic rings. The molecular weight excluding hydrogens is 253 g/mol. The first-order valence-electron chi connectivity index (χ1n) is 5.62. The lowest BCUT2D eigenvalue weighted by atomic mass is 10.1. The third-order valence-corrected chi connectivity index (χ3v) is 4.33. The van der Waals surface area contributed by atoms with Gasteiger partial charge >= 0.3 is 6.09 Å². The molecule has 98 valence electrons. The fourth-order valence-electron chi connectivity index (χ4n) is 1.79. The fourth-order valence-corrected chi connectivity index (χ4v) is 2.65. The van der Waals surface area contributed by atoms with Crippen molar-refractivity contribution < 1.29 is 18.8 Å². The third kappa shape index (κ3) is 2.51. The molecule has 6 heteroatoms. The van der Waals surface area contributed by atoms with Gasteiger partial charge in [0, 0.05) is 17.9 Å². The molecule has 0 radical (unpaired) electrons. The average molecular weight is 269 g/mol. The number of nitrogens with one attached hydrogen (secondary N) is 1. The van der Waals surface area contributed by atoms with E-state index in [4.69, 9.17) is 9.47 Å². The highest BCUT2D eigenvalue weighted by molar-refractivity contribution is 7.70. The molecule has 1 aromatic rings. The predicted molar refractivity (Wildman–Crippen MR) is 69.3 cm³/mol. The highest BCUT2D eigenvalue weighted by Crippen LogP contribution is 2.40. The zero-order chi connectivity index (χ0) is 13.3. The summed E-state index contributed by atoms with van der Waals surface area (Å²) in [6.07, 6.45) is -0.890. The SMILES string of the molecule is CNC(=O)O[C@@H]1COc2cc(P(C)(C)=O)ccc21. The van der Waals surface area contributed by atoms with Crippen molar-refractivity contribution in [2.24, 2.45) is 0 Å². The zero-order valence-electron chi connectivity index (χ0n) is 10.6. The minimum atomic E-state index is -2.30. The van der Waals surface area contributed by atoms with Gasteiger partial charge in [0.15, 0.2) is 6.10 Å². The number of amides is 1. The maximum atomic E-state index is 12.0. The first-order chi connectivity index (χ1) is 8.41. The first kappa shape index (κ1) is 13.0. The molecule has 0 aliphatic carbocycles. The quantitative estimate of drug-likeness (QED) is 0.830. The van der Waals surface area contributed by atoms with E-state index in [0.717, 1.165) is 10.9 Å². The topological polar surface area (TPSA) is 64.6 Å². The smallest absolute Gasteiger partial charge is 0.407 e. The number of hydrogen-bond donors (Lipinski definition) is 1. The maximum absolute atomic E-state index is 12.0. The number of fused-ring (bicyclic) bond motifs is 1. The van der Waals surface area contributed by atoms with E-state index < -0.39 is 19.3 Å². The van der Waals surface area contributed by atoms with Crippen LogP contribution in [0.25, 0.3) is 0 Å². The Morgan fingerprint density at radius 3 is 2.83 bits per heavy atom. The van der Waals surface area contributed by atoms with Crippen LogP contribution < -0.4 is 15.4 Å². The van der Waals surface area contributed by atoms with Crippen LogP contribution in [0.15, 0.2) is 18.2 Å². The highest BCUT2D eigenvalue weighted by atomic mass is 31.2. The summed E-state index contributed by atoms with van der Waals surface area (Å²) in [4.78, 5) is 11.2. The van der Waals surface area contributed by atoms with Gasteiger partial charge in [-0.25, -0.2) is 4.79 Å². The van der Waals surface area contributed by atoms with Crippen LogP contribution in [-0.4, -0.2) is 33.1 Å². The zero-order valence-corrected chi connectivity index (χ0v) is 11.5. The molecule has 1 amide bonds. The Morgan fingerprint density at radius 2 is 2.22 bits per heavy atom. The molecule has 1 N–H and O–H groups in total. The van der Waals surface area contributed by atoms with Crippen LogP contribution in [0.4, 0.5) is 4.79 Å². The molecular formula is C12H16NO4P. The number of ether oxygens (including phenoxy) is 2. The number of alkyl carbamates (subject to hydrolysis) is 1. The van der Waals surface area contributed by atoms with E-state index in [9.17, 15) is 9.36 Å². The van der Waals surface area contributed by atoms with E-state index in [1.165, 1.54) is 7.05 Å². The lowest BCUT2D eigenvalue weighted by molar-refractivity contribution is 0.0845. The van der Waals surface area contributed by atoms with Crippen LogP contribution in [0, 0.1) is 0 Å². The van der Waals surface area contributed by atoms with Gasteiger partial charge in [0.05, 0.1) is 0 Å². The molecule has 0 fully saturated rings. The second-order valence-electron chi connectivity index (χ2n) is 4.53. The van der Waals surface area contributed by atoms with Gasteiger partial charge in [-0.1, -0.05) is 12.1 Å². The van der Waals surface area contributed by atoms with Gasteiger partial charge < -0.3 is 19.4 Å². The van der Waals surface area contributed by atoms with E-state index in [1.54, 1.807) is 25.5 Å². The van der Waals surface area contributed by atoms with E-state index in [-0.39, 0.29) is 0 Å². The molecule has 0 aromatic heterocycles. The van der Waals surface area contributed by atoms with E-state index in [1.807, 2.05) is 6.07 Å². The van der Waals surface area contributed by atoms with Crippen molar-refractivity contribution in [2.45, 2.75) is 6.10 Å². The number of carbonyl (C=O) groups is 1. The van der Waals surface area contributed by atoms with Crippen molar-refractivity contribution in [3.63, 3.8) is 0 Å². The minimum Gasteiger partial charge on any atom is -0.489 e. The largest absolute Gasteiger partial charge is 0.489 e. The normalized spacial score (nSPS) is 17.8. The standard InChI is InChI=1S/C12H16NO4P/c1-13-12(14)17-11-7-16-10-6-8(18(2,3)15)4-5-9(10)11/h4-6,11H,7H2,1-3H3,(H,13,14)/t11-/m1/s1. The van der Waals surface area contributed by atoms with Crippen molar-refractivity contribution >= 4 is 18.5 Å². The summed E-state index contributed by atoms with van der Waals surface area (Å²) in [7, 11) is -0.797. The third-order valence-electron chi connectivity index (χ3n) is 2.81. The highest BCUT2D eigenvalue weighted by Gasteiger charge is 2.28. The Kier molecular flexibility index (Phi) is 3.35. The summed E-state index contributed by atoms with van der Waals surface area (Å²) in [5.74, 6) is 0.644. The molecule has 2 rings (SSSR count). The molecule has 1 aromatic carbocycles. The number of benzene rings is 1. The van der Waals surface area contributed by atoms with Gasteiger partial charge in [0.1, 0.15) is 19.5 Å². The van der Waals surface area contributed by atoms with Gasteiger partial charge in [0.2, 0.25) is 0 Å². The van der Waals surface area contributed by atoms with Crippen LogP contribution in [0.5, 0.6) is 5.75 Å². The van der Waals surface area contributed by atoms with Gasteiger partial charge in [-0.2, -0.15) is 0 Å². The summed E-state index contributed by atoms with van der Waals surface area (Å²) < 4.78 is 22.6. The van der Waals surface area contributed by atoms with Gasteiger partial charge in [-0.3, -0.25) is 0 Å². The van der Waals surface area contributed by atoms with Crippen LogP contribution in [0.3, 0.4) is 0 Å². The average Bonchev–Trinajstić information content (AvgIpc) is 2.70. The Hall–Kier alpha value is -1.48. The van der Waals surface area contributed by atoms with Crippen LogP contribution >= 0.6 is 7.14 Å². The van der Waals surface area contributed by atoms with Crippen molar-refractivity contribution in [1.82, 2.24) is 5.32 Å². The Balaban J connectivity index is 2.25. The predicted octanol–water partition coefficient (Wildman–Crippen LogP) is 1.72. The number of rotatable bonds is 2. The second kappa shape index (κ2) is 4.65. The molecule has 1 aliphatic heterocycles. The van der Waals surface area contributed by atoms with Crippen molar-refractivity contribution in [2.75, 3.05) is 27.0 Å². The van der Waals surface area contributed by atoms with E-state index in [2.05, 4.69) is 5.32 Å². The molecule has 1 heterocycles. The Labute approximate surface area is 106 Å². The van der Waals surface area contributed by atoms with Crippen LogP contribution in [0.1, 0.15) is 11.7 Å². The fraction of sp³-hybridized carbons (Fsp3) is 0.417. The van der Waals surface area contributed by atoms with Crippen LogP contribution in [-0.2, 0) is 9.30 Å². The molecule has 5 nitrogen and oxygen atoms in total. The Bertz CT molecular complexity index is 523. The summed E-state index contributed by atoms with van der Waals surface area (Å²) in [5, 5.41) is 3.16. The van der Waals surface area contributed by atoms with Crippen molar-refractivity contribution in [3.05, 3.63) is 23.8 Å². The van der Waals surface area contributed by atoms with Crippen molar-refractivity contribution in [1.29, 1.82) is 0 Å². The second-order valence-corrected chi connectivity index (χ2v) is 7.75. The molecule has 18 heavy (non-hydrogen) atoms. The number of hydrogen-bond acceptors (Lipinski definition) is 4. The Morgan fingerprint density at radius 1 is 1.50 bits per heavy atom. The van der Waals surface area contributed by atoms with E-state index >= 15 is 0 Å². The monoisotopic (exact) mass is 269 g/mol. The van der Waals surface area contributed by atoms with Gasteiger partial charge in [-0.15, -0.1) is 0 Å². The number of carbonyl (C=O) groups excluding carboxylic acids is 1. The van der Waals surface area contributed by atoms with Crippen LogP contribution in [0.2, 0.25) is 0 Å². The van der Waals surface area contributed by atoms with Crippen molar-refractivity contribution in [3.8, 4) is 5.75 Å². The molecule has 0 saturated heterocycles. The molecule has 0 spiro atoms. The first-order valence-corrected chi connectivity index (χ1v) is 8.22. The minimum absolute atomic E-state index is 0.296. The summed E-state index contributed by atoms with van der Waals surface area (Å²) >= 11 is 0. The molecule has 1 atom stereocenters. The lowest BCUT2D eigenvalue weighted by Gasteiger charge is -2.11. The molecule has 0 unspecified atom stereocenters.